The molecule has 0 bridgehead atoms. The third-order valence-electron chi connectivity index (χ3n) is 3.90. The molecule has 1 aliphatic rings. The first-order chi connectivity index (χ1) is 9.84. The summed E-state index contributed by atoms with van der Waals surface area (Å²) in [5.41, 5.74) is 0.895. The number of aromatic nitrogens is 4. The lowest BCUT2D eigenvalue weighted by Crippen LogP contribution is -2.23. The Hall–Kier alpha value is -1.95. The summed E-state index contributed by atoms with van der Waals surface area (Å²) in [5.74, 6) is 1.01. The molecule has 1 unspecified atom stereocenters. The average molecular weight is 285 g/mol. The number of hydrogen-bond acceptors (Lipinski definition) is 5. The summed E-state index contributed by atoms with van der Waals surface area (Å²) in [7, 11) is 1.92. The predicted molar refractivity (Wildman–Crippen MR) is 79.9 cm³/mol. The van der Waals surface area contributed by atoms with Crippen LogP contribution in [0.5, 0.6) is 0 Å². The molecule has 4 heterocycles. The van der Waals surface area contributed by atoms with Crippen molar-refractivity contribution in [1.29, 1.82) is 0 Å². The first-order valence-electron chi connectivity index (χ1n) is 6.77. The molecule has 3 aromatic rings. The number of nitrogens with zero attached hydrogens (tertiary/aromatic N) is 5. The molecule has 102 valence electrons. The van der Waals surface area contributed by atoms with Crippen LogP contribution >= 0.6 is 11.3 Å². The van der Waals surface area contributed by atoms with Crippen LogP contribution in [0.25, 0.3) is 11.0 Å². The van der Waals surface area contributed by atoms with Gasteiger partial charge < -0.3 is 4.90 Å². The van der Waals surface area contributed by atoms with Gasteiger partial charge in [0.2, 0.25) is 0 Å². The molecule has 0 aliphatic carbocycles. The van der Waals surface area contributed by atoms with Crippen LogP contribution in [0.15, 0.2) is 30.0 Å². The van der Waals surface area contributed by atoms with Gasteiger partial charge in [-0.25, -0.2) is 9.97 Å². The molecule has 1 saturated heterocycles. The molecule has 0 N–H and O–H groups in total. The molecule has 1 fully saturated rings. The summed E-state index contributed by atoms with van der Waals surface area (Å²) in [4.78, 5) is 12.7. The molecule has 5 nitrogen and oxygen atoms in total. The van der Waals surface area contributed by atoms with E-state index in [1.54, 1.807) is 11.0 Å². The van der Waals surface area contributed by atoms with E-state index in [2.05, 4.69) is 37.5 Å². The van der Waals surface area contributed by atoms with E-state index in [0.717, 1.165) is 23.4 Å². The summed E-state index contributed by atoms with van der Waals surface area (Å²) in [6, 6.07) is 4.78. The van der Waals surface area contributed by atoms with Crippen LogP contribution in [-0.2, 0) is 7.05 Å². The monoisotopic (exact) mass is 285 g/mol. The van der Waals surface area contributed by atoms with E-state index in [1.165, 1.54) is 17.7 Å². The predicted octanol–water partition coefficient (Wildman–Crippen LogP) is 2.77. The quantitative estimate of drug-likeness (QED) is 0.726. The van der Waals surface area contributed by atoms with E-state index < -0.39 is 0 Å². The number of anilines is 1. The van der Waals surface area contributed by atoms with E-state index in [1.807, 2.05) is 24.6 Å². The zero-order chi connectivity index (χ0) is 13.5. The van der Waals surface area contributed by atoms with E-state index in [4.69, 9.17) is 0 Å². The smallest absolute Gasteiger partial charge is 0.163 e. The highest BCUT2D eigenvalue weighted by Gasteiger charge is 2.29. The zero-order valence-corrected chi connectivity index (χ0v) is 12.0. The Labute approximate surface area is 120 Å². The summed E-state index contributed by atoms with van der Waals surface area (Å²) in [6.07, 6.45) is 5.90. The van der Waals surface area contributed by atoms with Crippen molar-refractivity contribution in [2.45, 2.75) is 18.9 Å². The van der Waals surface area contributed by atoms with Gasteiger partial charge in [-0.2, -0.15) is 5.10 Å². The molecule has 6 heteroatoms. The lowest BCUT2D eigenvalue weighted by molar-refractivity contribution is 0.726. The largest absolute Gasteiger partial charge is 0.348 e. The highest BCUT2D eigenvalue weighted by molar-refractivity contribution is 7.10. The lowest BCUT2D eigenvalue weighted by Gasteiger charge is -2.25. The molecule has 4 rings (SSSR count). The molecule has 0 radical (unpaired) electrons. The van der Waals surface area contributed by atoms with Crippen molar-refractivity contribution in [3.63, 3.8) is 0 Å². The highest BCUT2D eigenvalue weighted by Crippen LogP contribution is 2.39. The van der Waals surface area contributed by atoms with E-state index in [-0.39, 0.29) is 0 Å². The fourth-order valence-corrected chi connectivity index (χ4v) is 3.85. The third kappa shape index (κ3) is 1.71. The standard InChI is InChI=1S/C14H15N5S/c1-18-13-10(8-17-18)14(16-9-15-13)19-6-2-4-11(19)12-5-3-7-20-12/h3,5,7-9,11H,2,4,6H2,1H3. The Kier molecular flexibility index (Phi) is 2.70. The van der Waals surface area contributed by atoms with Crippen LogP contribution in [0.3, 0.4) is 0 Å². The second-order valence-corrected chi connectivity index (χ2v) is 6.05. The van der Waals surface area contributed by atoms with Gasteiger partial charge >= 0.3 is 0 Å². The topological polar surface area (TPSA) is 46.8 Å². The fourth-order valence-electron chi connectivity index (χ4n) is 2.98. The van der Waals surface area contributed by atoms with Gasteiger partial charge in [0, 0.05) is 18.5 Å². The molecule has 0 aromatic carbocycles. The van der Waals surface area contributed by atoms with Crippen LogP contribution in [0.4, 0.5) is 5.82 Å². The van der Waals surface area contributed by atoms with Gasteiger partial charge in [-0.1, -0.05) is 6.07 Å². The van der Waals surface area contributed by atoms with Crippen molar-refractivity contribution in [2.24, 2.45) is 7.05 Å². The maximum Gasteiger partial charge on any atom is 0.163 e. The van der Waals surface area contributed by atoms with Crippen LogP contribution in [-0.4, -0.2) is 26.3 Å². The fraction of sp³-hybridized carbons (Fsp3) is 0.357. The van der Waals surface area contributed by atoms with Crippen LogP contribution in [0, 0.1) is 0 Å². The van der Waals surface area contributed by atoms with Crippen molar-refractivity contribution < 1.29 is 0 Å². The summed E-state index contributed by atoms with van der Waals surface area (Å²) >= 11 is 1.82. The van der Waals surface area contributed by atoms with E-state index in [0.29, 0.717) is 6.04 Å². The van der Waals surface area contributed by atoms with Crippen LogP contribution in [0.1, 0.15) is 23.8 Å². The number of fused-ring (bicyclic) bond motifs is 1. The minimum absolute atomic E-state index is 0.438. The van der Waals surface area contributed by atoms with Crippen LogP contribution < -0.4 is 4.90 Å². The Balaban J connectivity index is 1.82. The molecule has 0 spiro atoms. The van der Waals surface area contributed by atoms with Crippen molar-refractivity contribution in [2.75, 3.05) is 11.4 Å². The molecule has 1 atom stereocenters. The van der Waals surface area contributed by atoms with Gasteiger partial charge in [-0.05, 0) is 24.3 Å². The average Bonchev–Trinajstić information content (AvgIpc) is 3.18. The Morgan fingerprint density at radius 2 is 2.30 bits per heavy atom. The zero-order valence-electron chi connectivity index (χ0n) is 11.2. The van der Waals surface area contributed by atoms with Gasteiger partial charge in [-0.15, -0.1) is 11.3 Å². The minimum atomic E-state index is 0.438. The van der Waals surface area contributed by atoms with Crippen LogP contribution in [0.2, 0.25) is 0 Å². The first kappa shape index (κ1) is 11.8. The van der Waals surface area contributed by atoms with Gasteiger partial charge in [0.25, 0.3) is 0 Å². The summed E-state index contributed by atoms with van der Waals surface area (Å²) < 4.78 is 1.80. The summed E-state index contributed by atoms with van der Waals surface area (Å²) in [6.45, 7) is 1.05. The normalized spacial score (nSPS) is 19.1. The maximum absolute atomic E-state index is 4.53. The van der Waals surface area contributed by atoms with Gasteiger partial charge in [0.05, 0.1) is 17.6 Å². The van der Waals surface area contributed by atoms with Crippen molar-refractivity contribution in [1.82, 2.24) is 19.7 Å². The maximum atomic E-state index is 4.53. The second kappa shape index (κ2) is 4.56. The Morgan fingerprint density at radius 1 is 1.35 bits per heavy atom. The number of rotatable bonds is 2. The van der Waals surface area contributed by atoms with Crippen molar-refractivity contribution >= 4 is 28.2 Å². The number of hydrogen-bond donors (Lipinski definition) is 0. The van der Waals surface area contributed by atoms with E-state index >= 15 is 0 Å². The highest BCUT2D eigenvalue weighted by atomic mass is 32.1. The van der Waals surface area contributed by atoms with E-state index in [9.17, 15) is 0 Å². The van der Waals surface area contributed by atoms with Crippen molar-refractivity contribution in [3.8, 4) is 0 Å². The number of thiophene rings is 1. The van der Waals surface area contributed by atoms with Gasteiger partial charge in [0.15, 0.2) is 5.65 Å². The van der Waals surface area contributed by atoms with Gasteiger partial charge in [-0.3, -0.25) is 4.68 Å². The Morgan fingerprint density at radius 3 is 3.15 bits per heavy atom. The SMILES string of the molecule is Cn1ncc2c(N3CCCC3c3cccs3)ncnc21. The lowest BCUT2D eigenvalue weighted by atomic mass is 10.2. The molecule has 1 aliphatic heterocycles. The molecule has 0 amide bonds. The minimum Gasteiger partial charge on any atom is -0.348 e. The van der Waals surface area contributed by atoms with Crippen molar-refractivity contribution in [3.05, 3.63) is 34.9 Å². The summed E-state index contributed by atoms with van der Waals surface area (Å²) in [5, 5.41) is 7.49. The van der Waals surface area contributed by atoms with Gasteiger partial charge in [0.1, 0.15) is 12.1 Å². The first-order valence-corrected chi connectivity index (χ1v) is 7.65. The molecular formula is C14H15N5S. The number of aryl methyl sites for hydroxylation is 1. The molecule has 20 heavy (non-hydrogen) atoms. The molecular weight excluding hydrogens is 270 g/mol. The molecule has 3 aromatic heterocycles. The Bertz CT molecular complexity index is 733. The molecule has 0 saturated carbocycles. The third-order valence-corrected chi connectivity index (χ3v) is 4.88. The second-order valence-electron chi connectivity index (χ2n) is 5.07.